The van der Waals surface area contributed by atoms with Gasteiger partial charge in [0, 0.05) is 5.92 Å². The summed E-state index contributed by atoms with van der Waals surface area (Å²) in [6.45, 7) is 9.44. The van der Waals surface area contributed by atoms with Crippen molar-refractivity contribution >= 4 is 18.0 Å². The van der Waals surface area contributed by atoms with Gasteiger partial charge in [0.2, 0.25) is 5.91 Å². The number of hydrogen-bond acceptors (Lipinski definition) is 5. The average Bonchev–Trinajstić information content (AvgIpc) is 3.10. The van der Waals surface area contributed by atoms with Gasteiger partial charge < -0.3 is 9.47 Å². The van der Waals surface area contributed by atoms with Crippen LogP contribution in [0.3, 0.4) is 0 Å². The van der Waals surface area contributed by atoms with Gasteiger partial charge in [-0.15, -0.1) is 0 Å². The third-order valence-corrected chi connectivity index (χ3v) is 7.30. The minimum absolute atomic E-state index is 0.0314. The van der Waals surface area contributed by atoms with Crippen molar-refractivity contribution in [1.29, 1.82) is 0 Å². The molecule has 0 N–H and O–H groups in total. The quantitative estimate of drug-likeness (QED) is 0.358. The largest absolute Gasteiger partial charge is 0.460 e. The van der Waals surface area contributed by atoms with Crippen molar-refractivity contribution < 1.29 is 23.9 Å². The van der Waals surface area contributed by atoms with Gasteiger partial charge in [0.25, 0.3) is 0 Å². The van der Waals surface area contributed by atoms with E-state index < -0.39 is 35.7 Å². The molecule has 1 aliphatic carbocycles. The molecule has 1 aromatic carbocycles. The monoisotopic (exact) mass is 485 g/mol. The van der Waals surface area contributed by atoms with E-state index in [1.165, 1.54) is 37.0 Å². The Bertz CT molecular complexity index is 856. The fourth-order valence-corrected chi connectivity index (χ4v) is 5.50. The zero-order chi connectivity index (χ0) is 25.6. The van der Waals surface area contributed by atoms with E-state index in [1.807, 2.05) is 58.0 Å². The van der Waals surface area contributed by atoms with Crippen LogP contribution in [0, 0.1) is 17.8 Å². The van der Waals surface area contributed by atoms with E-state index in [4.69, 9.17) is 9.47 Å². The Balaban J connectivity index is 1.70. The van der Waals surface area contributed by atoms with E-state index in [2.05, 4.69) is 6.92 Å². The molecule has 194 valence electrons. The number of rotatable bonds is 9. The number of hydrogen-bond donors (Lipinski definition) is 0. The van der Waals surface area contributed by atoms with Gasteiger partial charge >= 0.3 is 12.1 Å². The minimum atomic E-state index is -0.639. The number of benzene rings is 1. The highest BCUT2D eigenvalue weighted by Gasteiger charge is 2.46. The molecule has 6 heteroatoms. The number of cyclic esters (lactones) is 1. The molecule has 3 rings (SSSR count). The van der Waals surface area contributed by atoms with Crippen molar-refractivity contribution in [3.05, 3.63) is 35.9 Å². The molecule has 1 heterocycles. The zero-order valence-electron chi connectivity index (χ0n) is 22.1. The Labute approximate surface area is 210 Å². The lowest BCUT2D eigenvalue weighted by Gasteiger charge is -2.28. The Kier molecular flexibility index (Phi) is 9.37. The second-order valence-corrected chi connectivity index (χ2v) is 11.6. The van der Waals surface area contributed by atoms with Crippen molar-refractivity contribution in [2.45, 2.75) is 110 Å². The highest BCUT2D eigenvalue weighted by molar-refractivity contribution is 5.96. The molecule has 2 amide bonds. The molecule has 1 aliphatic heterocycles. The van der Waals surface area contributed by atoms with E-state index in [1.54, 1.807) is 0 Å². The van der Waals surface area contributed by atoms with Crippen LogP contribution in [-0.4, -0.2) is 34.5 Å². The van der Waals surface area contributed by atoms with Crippen molar-refractivity contribution in [1.82, 2.24) is 4.90 Å². The predicted octanol–water partition coefficient (Wildman–Crippen LogP) is 6.83. The number of carbonyl (C=O) groups is 3. The normalized spacial score (nSPS) is 23.0. The van der Waals surface area contributed by atoms with Crippen LogP contribution >= 0.6 is 0 Å². The molecule has 0 unspecified atom stereocenters. The van der Waals surface area contributed by atoms with E-state index in [-0.39, 0.29) is 18.2 Å². The molecule has 0 aromatic heterocycles. The molecule has 6 nitrogen and oxygen atoms in total. The molecule has 0 radical (unpaired) electrons. The molecular formula is C29H43NO5. The predicted molar refractivity (Wildman–Crippen MR) is 136 cm³/mol. The average molecular weight is 486 g/mol. The van der Waals surface area contributed by atoms with Gasteiger partial charge in [0.15, 0.2) is 0 Å². The molecule has 2 fully saturated rings. The Morgan fingerprint density at radius 3 is 2.40 bits per heavy atom. The molecule has 1 saturated carbocycles. The molecule has 2 aliphatic rings. The molecule has 1 aromatic rings. The highest BCUT2D eigenvalue weighted by atomic mass is 16.6. The summed E-state index contributed by atoms with van der Waals surface area (Å²) in [5.41, 5.74) is 0.225. The molecule has 0 spiro atoms. The lowest BCUT2D eigenvalue weighted by Crippen LogP contribution is -2.43. The van der Waals surface area contributed by atoms with Crippen molar-refractivity contribution in [2.75, 3.05) is 0 Å². The minimum Gasteiger partial charge on any atom is -0.460 e. The smallest absolute Gasteiger partial charge is 0.417 e. The summed E-state index contributed by atoms with van der Waals surface area (Å²) in [6.07, 6.45) is 8.12. The third-order valence-electron chi connectivity index (χ3n) is 7.30. The van der Waals surface area contributed by atoms with Crippen LogP contribution in [0.15, 0.2) is 30.3 Å². The van der Waals surface area contributed by atoms with Crippen LogP contribution in [0.5, 0.6) is 0 Å². The summed E-state index contributed by atoms with van der Waals surface area (Å²) >= 11 is 0. The molecular weight excluding hydrogens is 442 g/mol. The van der Waals surface area contributed by atoms with Crippen LogP contribution in [0.1, 0.15) is 104 Å². The Morgan fingerprint density at radius 1 is 1.11 bits per heavy atom. The highest BCUT2D eigenvalue weighted by Crippen LogP contribution is 2.36. The maximum absolute atomic E-state index is 13.7. The fraction of sp³-hybridized carbons (Fsp3) is 0.690. The van der Waals surface area contributed by atoms with Crippen LogP contribution in [0.2, 0.25) is 0 Å². The summed E-state index contributed by atoms with van der Waals surface area (Å²) in [7, 11) is 0. The van der Waals surface area contributed by atoms with Gasteiger partial charge in [-0.25, -0.2) is 9.69 Å². The number of carbonyl (C=O) groups excluding carboxylic acids is 3. The zero-order valence-corrected chi connectivity index (χ0v) is 22.1. The van der Waals surface area contributed by atoms with E-state index in [9.17, 15) is 14.4 Å². The lowest BCUT2D eigenvalue weighted by atomic mass is 9.82. The topological polar surface area (TPSA) is 72.9 Å². The summed E-state index contributed by atoms with van der Waals surface area (Å²) in [6, 6.07) is 9.02. The summed E-state index contributed by atoms with van der Waals surface area (Å²) in [4.78, 5) is 40.5. The second kappa shape index (κ2) is 12.0. The van der Waals surface area contributed by atoms with Crippen molar-refractivity contribution in [2.24, 2.45) is 17.8 Å². The van der Waals surface area contributed by atoms with Crippen LogP contribution < -0.4 is 0 Å². The summed E-state index contributed by atoms with van der Waals surface area (Å²) < 4.78 is 11.1. The SMILES string of the molecule is C[C@H](CCC1CCCCC1)C[C@@H](CC(=O)OC(C)(C)C)C(=O)N1C(=O)O[C@H](c2ccccc2)[C@H]1C. The molecule has 1 saturated heterocycles. The fourth-order valence-electron chi connectivity index (χ4n) is 5.50. The number of amides is 2. The number of nitrogens with zero attached hydrogens (tertiary/aromatic N) is 1. The first-order valence-electron chi connectivity index (χ1n) is 13.4. The van der Waals surface area contributed by atoms with E-state index in [0.29, 0.717) is 6.42 Å². The van der Waals surface area contributed by atoms with Crippen LogP contribution in [0.4, 0.5) is 4.79 Å². The number of esters is 1. The van der Waals surface area contributed by atoms with Crippen molar-refractivity contribution in [3.63, 3.8) is 0 Å². The summed E-state index contributed by atoms with van der Waals surface area (Å²) in [5, 5.41) is 0. The third kappa shape index (κ3) is 7.81. The summed E-state index contributed by atoms with van der Waals surface area (Å²) in [5.74, 6) is -0.319. The Hall–Kier alpha value is -2.37. The number of ether oxygens (including phenoxy) is 2. The van der Waals surface area contributed by atoms with Gasteiger partial charge in [-0.05, 0) is 51.5 Å². The van der Waals surface area contributed by atoms with Crippen molar-refractivity contribution in [3.8, 4) is 0 Å². The van der Waals surface area contributed by atoms with Crippen LogP contribution in [0.25, 0.3) is 0 Å². The second-order valence-electron chi connectivity index (χ2n) is 11.6. The van der Waals surface area contributed by atoms with Gasteiger partial charge in [0.05, 0.1) is 12.5 Å². The Morgan fingerprint density at radius 2 is 1.77 bits per heavy atom. The standard InChI is InChI=1S/C29H43NO5/c1-20(16-17-22-12-8-6-9-13-22)18-24(19-25(31)35-29(3,4)5)27(32)30-21(2)26(34-28(30)33)23-14-10-7-11-15-23/h7,10-11,14-15,20-22,24,26H,6,8-9,12-13,16-19H2,1-5H3/t20-,21-,24+,26+/m1/s1. The van der Waals surface area contributed by atoms with E-state index in [0.717, 1.165) is 24.3 Å². The van der Waals surface area contributed by atoms with Gasteiger partial charge in [-0.2, -0.15) is 0 Å². The first kappa shape index (κ1) is 27.2. The number of imide groups is 1. The maximum Gasteiger partial charge on any atom is 0.417 e. The van der Waals surface area contributed by atoms with Gasteiger partial charge in [-0.1, -0.05) is 82.2 Å². The van der Waals surface area contributed by atoms with E-state index >= 15 is 0 Å². The van der Waals surface area contributed by atoms with Crippen LogP contribution in [-0.2, 0) is 19.1 Å². The maximum atomic E-state index is 13.7. The van der Waals surface area contributed by atoms with Gasteiger partial charge in [0.1, 0.15) is 11.7 Å². The first-order valence-corrected chi connectivity index (χ1v) is 13.4. The lowest BCUT2D eigenvalue weighted by molar-refractivity contribution is -0.158. The van der Waals surface area contributed by atoms with Gasteiger partial charge in [-0.3, -0.25) is 9.59 Å². The molecule has 0 bridgehead atoms. The molecule has 4 atom stereocenters. The first-order chi connectivity index (χ1) is 16.5. The molecule has 35 heavy (non-hydrogen) atoms.